The number of hydrazone groups is 1. The zero-order chi connectivity index (χ0) is 18.5. The highest BCUT2D eigenvalue weighted by Crippen LogP contribution is 2.45. The third-order valence-electron chi connectivity index (χ3n) is 4.61. The van der Waals surface area contributed by atoms with Crippen LogP contribution in [0.5, 0.6) is 0 Å². The number of aliphatic imine (C=N–C) groups is 1. The molecule has 0 aliphatic heterocycles. The lowest BCUT2D eigenvalue weighted by molar-refractivity contribution is 0.690. The van der Waals surface area contributed by atoms with E-state index < -0.39 is 0 Å². The van der Waals surface area contributed by atoms with E-state index in [2.05, 4.69) is 45.4 Å². The van der Waals surface area contributed by atoms with Crippen LogP contribution in [0.25, 0.3) is 5.57 Å². The maximum absolute atomic E-state index is 5.98. The Morgan fingerprint density at radius 3 is 2.88 bits per heavy atom. The van der Waals surface area contributed by atoms with Gasteiger partial charge in [0, 0.05) is 24.5 Å². The van der Waals surface area contributed by atoms with Gasteiger partial charge in [0.2, 0.25) is 5.96 Å². The molecule has 134 valence electrons. The van der Waals surface area contributed by atoms with Crippen molar-refractivity contribution in [1.29, 1.82) is 0 Å². The predicted octanol–water partition coefficient (Wildman–Crippen LogP) is 3.41. The summed E-state index contributed by atoms with van der Waals surface area (Å²) in [6.45, 7) is 6.28. The zero-order valence-electron chi connectivity index (χ0n) is 15.3. The topological polar surface area (TPSA) is 88.5 Å². The molecule has 0 spiro atoms. The van der Waals surface area contributed by atoms with Crippen molar-refractivity contribution in [2.24, 2.45) is 15.8 Å². The minimum absolute atomic E-state index is 0.0337. The van der Waals surface area contributed by atoms with Gasteiger partial charge in [0.25, 0.3) is 0 Å². The smallest absolute Gasteiger partial charge is 0.210 e. The normalized spacial score (nSPS) is 19.7. The van der Waals surface area contributed by atoms with E-state index in [1.54, 1.807) is 12.4 Å². The van der Waals surface area contributed by atoms with Crippen LogP contribution in [0.3, 0.4) is 0 Å². The van der Waals surface area contributed by atoms with Crippen LogP contribution < -0.4 is 11.2 Å². The zero-order valence-corrected chi connectivity index (χ0v) is 15.3. The lowest BCUT2D eigenvalue weighted by Gasteiger charge is -2.30. The fraction of sp³-hybridized carbons (Fsp3) is 0.300. The third kappa shape index (κ3) is 3.64. The Balaban J connectivity index is 1.68. The first-order valence-corrected chi connectivity index (χ1v) is 8.80. The molecule has 3 rings (SSSR count). The van der Waals surface area contributed by atoms with Crippen LogP contribution in [0, 0.1) is 0 Å². The molecule has 0 fully saturated rings. The molecule has 2 heterocycles. The number of hydrogen-bond acceptors (Lipinski definition) is 4. The first-order valence-electron chi connectivity index (χ1n) is 8.80. The van der Waals surface area contributed by atoms with Crippen molar-refractivity contribution >= 4 is 17.7 Å². The number of aromatic nitrogens is 2. The number of nitrogens with one attached hydrogen (secondary N) is 1. The number of nitrogens with zero attached hydrogens (tertiary/aromatic N) is 4. The van der Waals surface area contributed by atoms with Gasteiger partial charge in [0.05, 0.1) is 18.0 Å². The summed E-state index contributed by atoms with van der Waals surface area (Å²) in [5, 5.41) is 4.23. The van der Waals surface area contributed by atoms with Crippen LogP contribution in [0.1, 0.15) is 56.0 Å². The van der Waals surface area contributed by atoms with Crippen molar-refractivity contribution < 1.29 is 0 Å². The average molecular weight is 348 g/mol. The van der Waals surface area contributed by atoms with E-state index >= 15 is 0 Å². The fourth-order valence-electron chi connectivity index (χ4n) is 3.24. The molecule has 2 aromatic heterocycles. The Labute approximate surface area is 154 Å². The van der Waals surface area contributed by atoms with Gasteiger partial charge in [0.15, 0.2) is 0 Å². The maximum atomic E-state index is 5.98. The SMILES string of the molecule is CCC(N=C(N)N/N=C/C(C)=C1/c2ncccc2C1C)c1cccnc1. The molecule has 0 bridgehead atoms. The number of allylic oxidation sites excluding steroid dienone is 2. The molecule has 0 aromatic carbocycles. The second kappa shape index (κ2) is 7.91. The van der Waals surface area contributed by atoms with E-state index in [0.717, 1.165) is 23.3 Å². The highest BCUT2D eigenvalue weighted by Gasteiger charge is 2.30. The van der Waals surface area contributed by atoms with Crippen molar-refractivity contribution in [2.45, 2.75) is 39.2 Å². The molecule has 0 radical (unpaired) electrons. The summed E-state index contributed by atoms with van der Waals surface area (Å²) in [5.74, 6) is 0.668. The van der Waals surface area contributed by atoms with E-state index in [1.807, 2.05) is 37.5 Å². The lowest BCUT2D eigenvalue weighted by atomic mass is 9.75. The first kappa shape index (κ1) is 17.8. The van der Waals surface area contributed by atoms with Gasteiger partial charge in [-0.2, -0.15) is 5.10 Å². The number of nitrogens with two attached hydrogens (primary N) is 1. The van der Waals surface area contributed by atoms with Crippen molar-refractivity contribution in [3.8, 4) is 0 Å². The Hall–Kier alpha value is -3.02. The Morgan fingerprint density at radius 2 is 2.15 bits per heavy atom. The van der Waals surface area contributed by atoms with Gasteiger partial charge in [-0.15, -0.1) is 0 Å². The van der Waals surface area contributed by atoms with Gasteiger partial charge in [-0.1, -0.05) is 26.0 Å². The number of fused-ring (bicyclic) bond motifs is 1. The Bertz CT molecular complexity index is 854. The Morgan fingerprint density at radius 1 is 1.35 bits per heavy atom. The second-order valence-corrected chi connectivity index (χ2v) is 6.35. The highest BCUT2D eigenvalue weighted by molar-refractivity contribution is 5.96. The van der Waals surface area contributed by atoms with Crippen LogP contribution in [-0.2, 0) is 0 Å². The molecule has 0 saturated carbocycles. The van der Waals surface area contributed by atoms with Crippen LogP contribution in [0.2, 0.25) is 0 Å². The summed E-state index contributed by atoms with van der Waals surface area (Å²) >= 11 is 0. The Kier molecular flexibility index (Phi) is 5.41. The summed E-state index contributed by atoms with van der Waals surface area (Å²) in [4.78, 5) is 13.1. The molecule has 1 aliphatic rings. The molecular formula is C20H24N6. The second-order valence-electron chi connectivity index (χ2n) is 6.35. The van der Waals surface area contributed by atoms with Crippen molar-refractivity contribution in [3.63, 3.8) is 0 Å². The van der Waals surface area contributed by atoms with Gasteiger partial charge < -0.3 is 5.73 Å². The largest absolute Gasteiger partial charge is 0.369 e. The number of rotatable bonds is 5. The molecular weight excluding hydrogens is 324 g/mol. The average Bonchev–Trinajstić information content (AvgIpc) is 2.66. The quantitative estimate of drug-likeness (QED) is 0.492. The third-order valence-corrected chi connectivity index (χ3v) is 4.61. The van der Waals surface area contributed by atoms with Gasteiger partial charge in [0.1, 0.15) is 0 Å². The lowest BCUT2D eigenvalue weighted by Crippen LogP contribution is -2.28. The van der Waals surface area contributed by atoms with Crippen LogP contribution in [0.4, 0.5) is 0 Å². The van der Waals surface area contributed by atoms with Crippen LogP contribution >= 0.6 is 0 Å². The van der Waals surface area contributed by atoms with Crippen LogP contribution in [0.15, 0.2) is 58.5 Å². The minimum atomic E-state index is -0.0337. The van der Waals surface area contributed by atoms with E-state index in [0.29, 0.717) is 5.92 Å². The maximum Gasteiger partial charge on any atom is 0.210 e. The fourth-order valence-corrected chi connectivity index (χ4v) is 3.24. The van der Waals surface area contributed by atoms with Crippen molar-refractivity contribution in [3.05, 3.63) is 65.2 Å². The van der Waals surface area contributed by atoms with E-state index in [4.69, 9.17) is 5.73 Å². The van der Waals surface area contributed by atoms with E-state index in [1.165, 1.54) is 11.1 Å². The predicted molar refractivity (Wildman–Crippen MR) is 106 cm³/mol. The molecule has 6 heteroatoms. The summed E-state index contributed by atoms with van der Waals surface area (Å²) in [6, 6.07) is 7.95. The molecule has 2 aromatic rings. The van der Waals surface area contributed by atoms with Gasteiger partial charge in [-0.05, 0) is 47.8 Å². The molecule has 2 unspecified atom stereocenters. The summed E-state index contributed by atoms with van der Waals surface area (Å²) < 4.78 is 0. The molecule has 6 nitrogen and oxygen atoms in total. The van der Waals surface area contributed by atoms with Gasteiger partial charge in [-0.25, -0.2) is 10.4 Å². The number of guanidine groups is 1. The molecule has 0 saturated heterocycles. The molecule has 2 atom stereocenters. The highest BCUT2D eigenvalue weighted by atomic mass is 15.3. The van der Waals surface area contributed by atoms with E-state index in [9.17, 15) is 0 Å². The summed E-state index contributed by atoms with van der Waals surface area (Å²) in [6.07, 6.45) is 7.99. The standard InChI is InChI=1S/C20H24N6/c1-4-17(15-7-5-9-22-12-15)25-20(21)26-24-11-13(2)18-14(3)16-8-6-10-23-19(16)18/h5-12,14,17H,4H2,1-3H3,(H3,21,25,26)/b18-13+,24-11+. The minimum Gasteiger partial charge on any atom is -0.369 e. The number of hydrogen-bond donors (Lipinski definition) is 2. The molecule has 1 aliphatic carbocycles. The first-order chi connectivity index (χ1) is 12.6. The number of pyridine rings is 2. The molecule has 0 amide bonds. The monoisotopic (exact) mass is 348 g/mol. The molecule has 26 heavy (non-hydrogen) atoms. The van der Waals surface area contributed by atoms with Crippen molar-refractivity contribution in [2.75, 3.05) is 0 Å². The van der Waals surface area contributed by atoms with Gasteiger partial charge >= 0.3 is 0 Å². The van der Waals surface area contributed by atoms with E-state index in [-0.39, 0.29) is 12.0 Å². The van der Waals surface area contributed by atoms with Gasteiger partial charge in [-0.3, -0.25) is 9.97 Å². The van der Waals surface area contributed by atoms with Crippen molar-refractivity contribution in [1.82, 2.24) is 15.4 Å². The van der Waals surface area contributed by atoms with Crippen LogP contribution in [-0.4, -0.2) is 22.1 Å². The summed E-state index contributed by atoms with van der Waals surface area (Å²) in [7, 11) is 0. The summed E-state index contributed by atoms with van der Waals surface area (Å²) in [5.41, 5.74) is 14.5. The molecule has 3 N–H and O–H groups in total.